The van der Waals surface area contributed by atoms with Crippen LogP contribution in [0.5, 0.6) is 0 Å². The Labute approximate surface area is 103 Å². The van der Waals surface area contributed by atoms with E-state index in [0.717, 1.165) is 12.8 Å². The van der Waals surface area contributed by atoms with Crippen LogP contribution in [0.15, 0.2) is 18.2 Å². The second-order valence-corrected chi connectivity index (χ2v) is 4.92. The standard InChI is InChI=1S/C11H11Cl2NO2/c12-7-3-4-9(13)8(5-7)11(14,10(15)16)6-1-2-6/h3-6H,1-2,14H2,(H,15,16). The Morgan fingerprint density at radius 2 is 2.06 bits per heavy atom. The van der Waals surface area contributed by atoms with Crippen LogP contribution < -0.4 is 5.73 Å². The van der Waals surface area contributed by atoms with Gasteiger partial charge in [0, 0.05) is 15.6 Å². The SMILES string of the molecule is NC(C(=O)O)(c1cc(Cl)ccc1Cl)C1CC1. The number of rotatable bonds is 3. The van der Waals surface area contributed by atoms with E-state index < -0.39 is 11.5 Å². The van der Waals surface area contributed by atoms with E-state index in [0.29, 0.717) is 15.6 Å². The minimum Gasteiger partial charge on any atom is -0.480 e. The van der Waals surface area contributed by atoms with Crippen molar-refractivity contribution in [1.82, 2.24) is 0 Å². The van der Waals surface area contributed by atoms with E-state index in [1.807, 2.05) is 0 Å². The van der Waals surface area contributed by atoms with Crippen molar-refractivity contribution in [3.8, 4) is 0 Å². The first kappa shape index (κ1) is 11.7. The molecule has 1 unspecified atom stereocenters. The maximum Gasteiger partial charge on any atom is 0.328 e. The third-order valence-corrected chi connectivity index (χ3v) is 3.51. The predicted octanol–water partition coefficient (Wildman–Crippen LogP) is 2.64. The lowest BCUT2D eigenvalue weighted by Gasteiger charge is -2.26. The van der Waals surface area contributed by atoms with Gasteiger partial charge in [-0.25, -0.2) is 4.79 Å². The lowest BCUT2D eigenvalue weighted by atomic mass is 9.86. The van der Waals surface area contributed by atoms with Crippen molar-refractivity contribution in [2.24, 2.45) is 11.7 Å². The third kappa shape index (κ3) is 1.79. The van der Waals surface area contributed by atoms with Crippen molar-refractivity contribution in [1.29, 1.82) is 0 Å². The van der Waals surface area contributed by atoms with E-state index >= 15 is 0 Å². The number of aliphatic carboxylic acids is 1. The highest BCUT2D eigenvalue weighted by Gasteiger charge is 2.50. The molecule has 16 heavy (non-hydrogen) atoms. The fourth-order valence-electron chi connectivity index (χ4n) is 1.86. The van der Waals surface area contributed by atoms with Gasteiger partial charge in [-0.15, -0.1) is 0 Å². The second kappa shape index (κ2) is 3.91. The van der Waals surface area contributed by atoms with Crippen molar-refractivity contribution in [2.75, 3.05) is 0 Å². The van der Waals surface area contributed by atoms with Gasteiger partial charge in [-0.05, 0) is 37.0 Å². The molecule has 0 amide bonds. The first-order valence-corrected chi connectivity index (χ1v) is 5.69. The molecule has 1 aliphatic rings. The minimum atomic E-state index is -1.41. The highest BCUT2D eigenvalue weighted by molar-refractivity contribution is 6.34. The van der Waals surface area contributed by atoms with Crippen molar-refractivity contribution in [3.63, 3.8) is 0 Å². The maximum atomic E-state index is 11.3. The fourth-order valence-corrected chi connectivity index (χ4v) is 2.31. The highest BCUT2D eigenvalue weighted by atomic mass is 35.5. The molecule has 1 atom stereocenters. The Kier molecular flexibility index (Phi) is 2.86. The van der Waals surface area contributed by atoms with E-state index in [9.17, 15) is 9.90 Å². The molecule has 2 rings (SSSR count). The molecule has 1 aliphatic carbocycles. The lowest BCUT2D eigenvalue weighted by molar-refractivity contribution is -0.144. The average molecular weight is 260 g/mol. The number of hydrogen-bond donors (Lipinski definition) is 2. The maximum absolute atomic E-state index is 11.3. The molecule has 86 valence electrons. The van der Waals surface area contributed by atoms with Crippen LogP contribution in [0.1, 0.15) is 18.4 Å². The van der Waals surface area contributed by atoms with Gasteiger partial charge in [0.1, 0.15) is 5.54 Å². The van der Waals surface area contributed by atoms with Crippen LogP contribution in [0.2, 0.25) is 10.0 Å². The zero-order valence-corrected chi connectivity index (χ0v) is 9.92. The molecule has 0 bridgehead atoms. The van der Waals surface area contributed by atoms with Gasteiger partial charge in [-0.3, -0.25) is 0 Å². The van der Waals surface area contributed by atoms with Crippen LogP contribution in [-0.2, 0) is 10.3 Å². The molecule has 0 aliphatic heterocycles. The highest BCUT2D eigenvalue weighted by Crippen LogP contribution is 2.46. The van der Waals surface area contributed by atoms with Gasteiger partial charge in [-0.2, -0.15) is 0 Å². The lowest BCUT2D eigenvalue weighted by Crippen LogP contribution is -2.47. The number of nitrogens with two attached hydrogens (primary N) is 1. The van der Waals surface area contributed by atoms with Gasteiger partial charge in [0.25, 0.3) is 0 Å². The van der Waals surface area contributed by atoms with Gasteiger partial charge in [0.05, 0.1) is 0 Å². The molecule has 0 saturated heterocycles. The van der Waals surface area contributed by atoms with Crippen LogP contribution in [0.3, 0.4) is 0 Å². The summed E-state index contributed by atoms with van der Waals surface area (Å²) in [7, 11) is 0. The molecule has 0 heterocycles. The number of hydrogen-bond acceptors (Lipinski definition) is 2. The average Bonchev–Trinajstić information content (AvgIpc) is 3.04. The van der Waals surface area contributed by atoms with E-state index in [1.54, 1.807) is 12.1 Å². The van der Waals surface area contributed by atoms with E-state index in [2.05, 4.69) is 0 Å². The van der Waals surface area contributed by atoms with Crippen molar-refractivity contribution in [3.05, 3.63) is 33.8 Å². The molecule has 3 nitrogen and oxygen atoms in total. The molecule has 0 spiro atoms. The van der Waals surface area contributed by atoms with Gasteiger partial charge < -0.3 is 10.8 Å². The summed E-state index contributed by atoms with van der Waals surface area (Å²) in [5.41, 5.74) is 4.98. The predicted molar refractivity (Wildman–Crippen MR) is 62.7 cm³/mol. The third-order valence-electron chi connectivity index (χ3n) is 2.95. The molecule has 3 N–H and O–H groups in total. The monoisotopic (exact) mass is 259 g/mol. The van der Waals surface area contributed by atoms with Crippen LogP contribution >= 0.6 is 23.2 Å². The molecule has 0 radical (unpaired) electrons. The zero-order valence-electron chi connectivity index (χ0n) is 8.41. The number of halogens is 2. The summed E-state index contributed by atoms with van der Waals surface area (Å²) >= 11 is 11.8. The van der Waals surface area contributed by atoms with Crippen molar-refractivity contribution in [2.45, 2.75) is 18.4 Å². The Morgan fingerprint density at radius 1 is 1.44 bits per heavy atom. The summed E-state index contributed by atoms with van der Waals surface area (Å²) in [6.45, 7) is 0. The van der Waals surface area contributed by atoms with E-state index in [1.165, 1.54) is 6.07 Å². The number of carboxylic acid groups (broad SMARTS) is 1. The van der Waals surface area contributed by atoms with Gasteiger partial charge in [0.15, 0.2) is 0 Å². The zero-order chi connectivity index (χ0) is 11.9. The van der Waals surface area contributed by atoms with Crippen LogP contribution in [0.4, 0.5) is 0 Å². The van der Waals surface area contributed by atoms with Gasteiger partial charge >= 0.3 is 5.97 Å². The largest absolute Gasteiger partial charge is 0.480 e. The van der Waals surface area contributed by atoms with Gasteiger partial charge in [0.2, 0.25) is 0 Å². The smallest absolute Gasteiger partial charge is 0.328 e. The van der Waals surface area contributed by atoms with Crippen LogP contribution in [0.25, 0.3) is 0 Å². The van der Waals surface area contributed by atoms with E-state index in [4.69, 9.17) is 28.9 Å². The summed E-state index contributed by atoms with van der Waals surface area (Å²) in [4.78, 5) is 11.3. The number of carbonyl (C=O) groups is 1. The van der Waals surface area contributed by atoms with Crippen molar-refractivity contribution >= 4 is 29.2 Å². The Balaban J connectivity index is 2.54. The number of carboxylic acids is 1. The normalized spacial score (nSPS) is 19.2. The molecule has 1 saturated carbocycles. The van der Waals surface area contributed by atoms with Crippen LogP contribution in [0, 0.1) is 5.92 Å². The Hall–Kier alpha value is -0.770. The topological polar surface area (TPSA) is 63.3 Å². The first-order valence-electron chi connectivity index (χ1n) is 4.94. The molecule has 0 aromatic heterocycles. The molecule has 1 aromatic carbocycles. The minimum absolute atomic E-state index is 0.0547. The Bertz CT molecular complexity index is 446. The summed E-state index contributed by atoms with van der Waals surface area (Å²) < 4.78 is 0. The summed E-state index contributed by atoms with van der Waals surface area (Å²) in [5.74, 6) is -1.11. The van der Waals surface area contributed by atoms with Crippen LogP contribution in [-0.4, -0.2) is 11.1 Å². The molecular formula is C11H11Cl2NO2. The summed E-state index contributed by atoms with van der Waals surface area (Å²) in [6, 6.07) is 4.73. The molecule has 1 aromatic rings. The second-order valence-electron chi connectivity index (χ2n) is 4.07. The summed E-state index contributed by atoms with van der Waals surface area (Å²) in [6.07, 6.45) is 1.62. The van der Waals surface area contributed by atoms with Crippen molar-refractivity contribution < 1.29 is 9.90 Å². The molecule has 1 fully saturated rings. The Morgan fingerprint density at radius 3 is 2.56 bits per heavy atom. The molecular weight excluding hydrogens is 249 g/mol. The summed E-state index contributed by atoms with van der Waals surface area (Å²) in [5, 5.41) is 10.1. The molecule has 5 heteroatoms. The first-order chi connectivity index (χ1) is 7.46. The van der Waals surface area contributed by atoms with Gasteiger partial charge in [-0.1, -0.05) is 23.2 Å². The van der Waals surface area contributed by atoms with E-state index in [-0.39, 0.29) is 5.92 Å². The fraction of sp³-hybridized carbons (Fsp3) is 0.364. The number of benzene rings is 1. The quantitative estimate of drug-likeness (QED) is 0.878.